The molecule has 1 aromatic carbocycles. The Morgan fingerprint density at radius 2 is 1.77 bits per heavy atom. The zero-order valence-corrected chi connectivity index (χ0v) is 18.6. The SMILES string of the molecule is CC1=CC(C)=[N+]2C1=C(c1cc(Br)cc(I)c1)c1c(C)cc(C)n1[B-]2(F)F. The first-order valence-electron chi connectivity index (χ1n) is 8.36. The number of hydrogen-bond acceptors (Lipinski definition) is 0. The molecule has 0 unspecified atom stereocenters. The van der Waals surface area contributed by atoms with Gasteiger partial charge in [0.1, 0.15) is 5.71 Å². The van der Waals surface area contributed by atoms with Gasteiger partial charge in [-0.05, 0) is 84.4 Å². The third-order valence-electron chi connectivity index (χ3n) is 5.09. The van der Waals surface area contributed by atoms with Crippen molar-refractivity contribution >= 4 is 56.8 Å². The normalized spacial score (nSPS) is 18.2. The summed E-state index contributed by atoms with van der Waals surface area (Å²) in [7, 11) is 0. The van der Waals surface area contributed by atoms with Crippen LogP contribution in [0.1, 0.15) is 36.4 Å². The van der Waals surface area contributed by atoms with Crippen molar-refractivity contribution < 1.29 is 13.1 Å². The number of rotatable bonds is 1. The first kappa shape index (κ1) is 18.2. The minimum Gasteiger partial charge on any atom is -0.393 e. The molecule has 134 valence electrons. The minimum absolute atomic E-state index is 0.584. The number of aryl methyl sites for hydroxylation is 2. The van der Waals surface area contributed by atoms with Gasteiger partial charge >= 0.3 is 6.97 Å². The van der Waals surface area contributed by atoms with Crippen LogP contribution >= 0.6 is 38.5 Å². The Labute approximate surface area is 173 Å². The quantitative estimate of drug-likeness (QED) is 0.322. The molecule has 4 rings (SSSR count). The van der Waals surface area contributed by atoms with Crippen molar-refractivity contribution in [1.82, 2.24) is 4.48 Å². The third-order valence-corrected chi connectivity index (χ3v) is 6.17. The second-order valence-corrected chi connectivity index (χ2v) is 9.16. The molecule has 0 amide bonds. The van der Waals surface area contributed by atoms with E-state index in [2.05, 4.69) is 44.6 Å². The third kappa shape index (κ3) is 2.42. The Balaban J connectivity index is 2.19. The molecule has 3 heterocycles. The fourth-order valence-corrected chi connectivity index (χ4v) is 5.86. The summed E-state index contributed by atoms with van der Waals surface area (Å²) in [5.74, 6) is 0. The summed E-state index contributed by atoms with van der Waals surface area (Å²) in [6, 6.07) is 7.92. The molecule has 0 radical (unpaired) electrons. The van der Waals surface area contributed by atoms with Crippen LogP contribution < -0.4 is 0 Å². The molecule has 0 aliphatic carbocycles. The summed E-state index contributed by atoms with van der Waals surface area (Å²) in [6.07, 6.45) is 1.85. The Kier molecular flexibility index (Phi) is 4.11. The van der Waals surface area contributed by atoms with Crippen molar-refractivity contribution in [3.8, 4) is 0 Å². The largest absolute Gasteiger partial charge is 0.737 e. The molecule has 2 aliphatic rings. The number of nitrogens with zero attached hydrogens (tertiary/aromatic N) is 2. The van der Waals surface area contributed by atoms with Gasteiger partial charge in [0.25, 0.3) is 0 Å². The van der Waals surface area contributed by atoms with Gasteiger partial charge in [-0.3, -0.25) is 0 Å². The first-order chi connectivity index (χ1) is 12.1. The number of benzene rings is 1. The van der Waals surface area contributed by atoms with Gasteiger partial charge < -0.3 is 17.6 Å². The van der Waals surface area contributed by atoms with E-state index in [0.29, 0.717) is 22.8 Å². The number of fused-ring (bicyclic) bond motifs is 2. The topological polar surface area (TPSA) is 7.94 Å². The molecule has 0 N–H and O–H groups in total. The van der Waals surface area contributed by atoms with Crippen LogP contribution in [0.4, 0.5) is 8.63 Å². The van der Waals surface area contributed by atoms with Crippen molar-refractivity contribution in [2.24, 2.45) is 0 Å². The average molecular weight is 529 g/mol. The van der Waals surface area contributed by atoms with Crippen molar-refractivity contribution in [3.05, 3.63) is 72.2 Å². The van der Waals surface area contributed by atoms with Gasteiger partial charge in [-0.1, -0.05) is 15.9 Å². The smallest absolute Gasteiger partial charge is 0.393 e. The second kappa shape index (κ2) is 5.89. The summed E-state index contributed by atoms with van der Waals surface area (Å²) < 4.78 is 35.6. The molecule has 0 saturated carbocycles. The maximum Gasteiger partial charge on any atom is 0.737 e. The zero-order chi connectivity index (χ0) is 19.0. The first-order valence-corrected chi connectivity index (χ1v) is 10.2. The van der Waals surface area contributed by atoms with Crippen LogP contribution in [0.2, 0.25) is 0 Å². The second-order valence-electron chi connectivity index (χ2n) is 7.00. The Bertz CT molecular complexity index is 1060. The molecule has 0 saturated heterocycles. The van der Waals surface area contributed by atoms with Crippen molar-refractivity contribution in [3.63, 3.8) is 0 Å². The summed E-state index contributed by atoms with van der Waals surface area (Å²) in [5.41, 5.74) is 5.97. The summed E-state index contributed by atoms with van der Waals surface area (Å²) in [4.78, 5) is 0. The number of aromatic nitrogens is 1. The van der Waals surface area contributed by atoms with Crippen LogP contribution in [-0.4, -0.2) is 21.6 Å². The van der Waals surface area contributed by atoms with E-state index in [9.17, 15) is 0 Å². The molecule has 7 heteroatoms. The van der Waals surface area contributed by atoms with Crippen LogP contribution in [0.25, 0.3) is 5.57 Å². The lowest BCUT2D eigenvalue weighted by Crippen LogP contribution is -2.51. The molecule has 2 aromatic rings. The molecular weight excluding hydrogens is 512 g/mol. The molecule has 1 aromatic heterocycles. The standard InChI is InChI=1S/C19H17BBrF2IN2/c1-10-5-12(3)25-18(10)17(14-7-15(21)9-16(24)8-14)19-11(2)6-13(4)26(19)20(25,22)23/h5-9H,1-4H3. The lowest BCUT2D eigenvalue weighted by molar-refractivity contribution is -0.363. The molecule has 0 spiro atoms. The Hall–Kier alpha value is -1.22. The highest BCUT2D eigenvalue weighted by atomic mass is 127. The number of hydrogen-bond donors (Lipinski definition) is 0. The van der Waals surface area contributed by atoms with Crippen LogP contribution in [-0.2, 0) is 0 Å². The van der Waals surface area contributed by atoms with E-state index in [0.717, 1.165) is 30.3 Å². The molecule has 2 aliphatic heterocycles. The van der Waals surface area contributed by atoms with E-state index < -0.39 is 6.97 Å². The average Bonchev–Trinajstić information content (AvgIpc) is 2.96. The Morgan fingerprint density at radius 1 is 1.08 bits per heavy atom. The lowest BCUT2D eigenvalue weighted by atomic mass is 9.84. The summed E-state index contributed by atoms with van der Waals surface area (Å²) in [5, 5.41) is 0. The van der Waals surface area contributed by atoms with E-state index in [4.69, 9.17) is 0 Å². The molecule has 0 fully saturated rings. The number of halogens is 4. The van der Waals surface area contributed by atoms with E-state index in [1.165, 1.54) is 8.96 Å². The lowest BCUT2D eigenvalue weighted by Gasteiger charge is -2.34. The van der Waals surface area contributed by atoms with Gasteiger partial charge in [0.2, 0.25) is 0 Å². The van der Waals surface area contributed by atoms with Crippen molar-refractivity contribution in [1.29, 1.82) is 0 Å². The van der Waals surface area contributed by atoms with Gasteiger partial charge in [0, 0.05) is 32.3 Å². The highest BCUT2D eigenvalue weighted by Crippen LogP contribution is 2.44. The predicted molar refractivity (Wildman–Crippen MR) is 115 cm³/mol. The van der Waals surface area contributed by atoms with Gasteiger partial charge in [-0.25, -0.2) is 0 Å². The van der Waals surface area contributed by atoms with Gasteiger partial charge in [0.15, 0.2) is 5.70 Å². The van der Waals surface area contributed by atoms with E-state index >= 15 is 8.63 Å². The molecule has 2 nitrogen and oxygen atoms in total. The van der Waals surface area contributed by atoms with Gasteiger partial charge in [-0.2, -0.15) is 0 Å². The van der Waals surface area contributed by atoms with Crippen LogP contribution in [0.3, 0.4) is 0 Å². The highest BCUT2D eigenvalue weighted by Gasteiger charge is 2.55. The molecular formula is C19H17BBrF2IN2. The highest BCUT2D eigenvalue weighted by molar-refractivity contribution is 14.1. The zero-order valence-electron chi connectivity index (χ0n) is 14.9. The molecule has 26 heavy (non-hydrogen) atoms. The van der Waals surface area contributed by atoms with Crippen LogP contribution in [0, 0.1) is 17.4 Å². The Morgan fingerprint density at radius 3 is 2.42 bits per heavy atom. The predicted octanol–water partition coefficient (Wildman–Crippen LogP) is 5.90. The van der Waals surface area contributed by atoms with E-state index in [1.54, 1.807) is 13.8 Å². The van der Waals surface area contributed by atoms with Crippen molar-refractivity contribution in [2.75, 3.05) is 0 Å². The molecule has 0 atom stereocenters. The van der Waals surface area contributed by atoms with E-state index in [1.807, 2.05) is 38.1 Å². The minimum atomic E-state index is -3.92. The summed E-state index contributed by atoms with van der Waals surface area (Å²) in [6.45, 7) is 3.41. The molecule has 0 bridgehead atoms. The number of allylic oxidation sites excluding steroid dienone is 2. The maximum absolute atomic E-state index is 15.6. The van der Waals surface area contributed by atoms with Crippen LogP contribution in [0.5, 0.6) is 0 Å². The monoisotopic (exact) mass is 528 g/mol. The fourth-order valence-electron chi connectivity index (χ4n) is 4.27. The maximum atomic E-state index is 15.6. The van der Waals surface area contributed by atoms with Crippen LogP contribution in [0.15, 0.2) is 46.1 Å². The van der Waals surface area contributed by atoms with Gasteiger partial charge in [-0.15, -0.1) is 0 Å². The fraction of sp³-hybridized carbons (Fsp3) is 0.211. The summed E-state index contributed by atoms with van der Waals surface area (Å²) >= 11 is 5.81. The van der Waals surface area contributed by atoms with Gasteiger partial charge in [0.05, 0.1) is 5.57 Å². The van der Waals surface area contributed by atoms with Crippen molar-refractivity contribution in [2.45, 2.75) is 27.7 Å². The van der Waals surface area contributed by atoms with E-state index in [-0.39, 0.29) is 0 Å².